The molecule has 1 aromatic heterocycles. The highest BCUT2D eigenvalue weighted by molar-refractivity contribution is 5.98. The number of oxazole rings is 1. The molecule has 1 heterocycles. The van der Waals surface area contributed by atoms with Gasteiger partial charge in [-0.3, -0.25) is 9.59 Å². The van der Waals surface area contributed by atoms with Gasteiger partial charge >= 0.3 is 5.97 Å². The van der Waals surface area contributed by atoms with E-state index in [0.717, 1.165) is 5.56 Å². The van der Waals surface area contributed by atoms with Crippen LogP contribution in [0.1, 0.15) is 35.6 Å². The van der Waals surface area contributed by atoms with Gasteiger partial charge in [-0.25, -0.2) is 4.98 Å². The predicted molar refractivity (Wildman–Crippen MR) is 82.9 cm³/mol. The average molecular weight is 314 g/mol. The van der Waals surface area contributed by atoms with Crippen molar-refractivity contribution in [1.29, 1.82) is 0 Å². The van der Waals surface area contributed by atoms with Crippen LogP contribution >= 0.6 is 0 Å². The van der Waals surface area contributed by atoms with Gasteiger partial charge in [-0.15, -0.1) is 0 Å². The number of hydrogen-bond acceptors (Lipinski definition) is 4. The largest absolute Gasteiger partial charge is 0.481 e. The second-order valence-electron chi connectivity index (χ2n) is 5.80. The summed E-state index contributed by atoms with van der Waals surface area (Å²) in [4.78, 5) is 27.7. The van der Waals surface area contributed by atoms with E-state index in [2.05, 4.69) is 10.3 Å². The minimum atomic E-state index is -0.802. The van der Waals surface area contributed by atoms with Gasteiger partial charge in [0.2, 0.25) is 0 Å². The van der Waals surface area contributed by atoms with E-state index < -0.39 is 5.97 Å². The molecule has 0 saturated heterocycles. The summed E-state index contributed by atoms with van der Waals surface area (Å²) in [5, 5.41) is 11.9. The Morgan fingerprint density at radius 3 is 2.65 bits per heavy atom. The summed E-state index contributed by atoms with van der Waals surface area (Å²) in [6.07, 6.45) is 1.71. The highest BCUT2D eigenvalue weighted by Crippen LogP contribution is 2.28. The van der Waals surface area contributed by atoms with Gasteiger partial charge in [-0.1, -0.05) is 30.3 Å². The van der Waals surface area contributed by atoms with E-state index in [4.69, 9.17) is 9.52 Å². The van der Waals surface area contributed by atoms with Crippen molar-refractivity contribution >= 4 is 11.9 Å². The molecule has 23 heavy (non-hydrogen) atoms. The third-order valence-corrected chi connectivity index (χ3v) is 4.10. The number of aliphatic carboxylic acids is 1. The lowest BCUT2D eigenvalue weighted by Gasteiger charge is -2.11. The van der Waals surface area contributed by atoms with Crippen molar-refractivity contribution in [3.63, 3.8) is 0 Å². The summed E-state index contributed by atoms with van der Waals surface area (Å²) in [6, 6.07) is 9.19. The molecule has 1 aliphatic rings. The Kier molecular flexibility index (Phi) is 4.14. The van der Waals surface area contributed by atoms with E-state index in [1.54, 1.807) is 6.92 Å². The molecule has 1 fully saturated rings. The lowest BCUT2D eigenvalue weighted by molar-refractivity contribution is -0.141. The van der Waals surface area contributed by atoms with Crippen molar-refractivity contribution in [2.24, 2.45) is 5.92 Å². The first-order chi connectivity index (χ1) is 11.0. The fourth-order valence-electron chi connectivity index (χ4n) is 2.96. The van der Waals surface area contributed by atoms with Crippen LogP contribution in [0, 0.1) is 12.8 Å². The maximum absolute atomic E-state index is 12.5. The second-order valence-corrected chi connectivity index (χ2v) is 5.80. The van der Waals surface area contributed by atoms with Crippen molar-refractivity contribution in [3.8, 4) is 11.3 Å². The maximum Gasteiger partial charge on any atom is 0.306 e. The van der Waals surface area contributed by atoms with Crippen LogP contribution in [0.5, 0.6) is 0 Å². The molecule has 0 bridgehead atoms. The van der Waals surface area contributed by atoms with Gasteiger partial charge in [0.25, 0.3) is 5.91 Å². The Morgan fingerprint density at radius 1 is 1.26 bits per heavy atom. The van der Waals surface area contributed by atoms with Crippen molar-refractivity contribution in [2.45, 2.75) is 32.2 Å². The van der Waals surface area contributed by atoms with Crippen LogP contribution in [0.2, 0.25) is 0 Å². The number of carboxylic acids is 1. The summed E-state index contributed by atoms with van der Waals surface area (Å²) in [6.45, 7) is 1.69. The first-order valence-corrected chi connectivity index (χ1v) is 7.61. The third kappa shape index (κ3) is 3.26. The zero-order valence-corrected chi connectivity index (χ0v) is 12.8. The number of hydrogen-bond donors (Lipinski definition) is 2. The molecule has 1 amide bonds. The van der Waals surface area contributed by atoms with Gasteiger partial charge in [0.15, 0.2) is 17.3 Å². The fraction of sp³-hybridized carbons (Fsp3) is 0.353. The molecular formula is C17H18N2O4. The molecule has 0 spiro atoms. The number of carboxylic acid groups (broad SMARTS) is 1. The summed E-state index contributed by atoms with van der Waals surface area (Å²) in [5.74, 6) is -0.647. The number of rotatable bonds is 4. The zero-order valence-electron chi connectivity index (χ0n) is 12.8. The topological polar surface area (TPSA) is 92.4 Å². The highest BCUT2D eigenvalue weighted by atomic mass is 16.4. The van der Waals surface area contributed by atoms with Crippen LogP contribution in [0.15, 0.2) is 34.7 Å². The third-order valence-electron chi connectivity index (χ3n) is 4.10. The average Bonchev–Trinajstić information content (AvgIpc) is 3.15. The SMILES string of the molecule is Cc1nc(C(=O)N[C@@H]2CC[C@H](C(=O)O)C2)c(-c2ccccc2)o1. The van der Waals surface area contributed by atoms with Gasteiger partial charge in [0.05, 0.1) is 5.92 Å². The number of nitrogens with zero attached hydrogens (tertiary/aromatic N) is 1. The number of carbonyl (C=O) groups excluding carboxylic acids is 1. The molecule has 0 unspecified atom stereocenters. The van der Waals surface area contributed by atoms with Crippen molar-refractivity contribution in [1.82, 2.24) is 10.3 Å². The van der Waals surface area contributed by atoms with Gasteiger partial charge in [0, 0.05) is 18.5 Å². The quantitative estimate of drug-likeness (QED) is 0.905. The van der Waals surface area contributed by atoms with Crippen molar-refractivity contribution < 1.29 is 19.1 Å². The number of benzene rings is 1. The minimum absolute atomic E-state index is 0.135. The molecule has 1 aliphatic carbocycles. The van der Waals surface area contributed by atoms with Crippen molar-refractivity contribution in [3.05, 3.63) is 41.9 Å². The fourth-order valence-corrected chi connectivity index (χ4v) is 2.96. The van der Waals surface area contributed by atoms with E-state index in [1.807, 2.05) is 30.3 Å². The molecule has 2 N–H and O–H groups in total. The molecule has 1 aromatic carbocycles. The number of nitrogens with one attached hydrogen (secondary N) is 1. The molecule has 0 radical (unpaired) electrons. The molecule has 0 aliphatic heterocycles. The molecule has 6 nitrogen and oxygen atoms in total. The van der Waals surface area contributed by atoms with Crippen molar-refractivity contribution in [2.75, 3.05) is 0 Å². The second kappa shape index (κ2) is 6.24. The zero-order chi connectivity index (χ0) is 16.4. The van der Waals surface area contributed by atoms with E-state index >= 15 is 0 Å². The highest BCUT2D eigenvalue weighted by Gasteiger charge is 2.32. The van der Waals surface area contributed by atoms with E-state index in [1.165, 1.54) is 0 Å². The predicted octanol–water partition coefficient (Wildman–Crippen LogP) is 2.63. The Bertz CT molecular complexity index is 723. The molecule has 2 atom stereocenters. The van der Waals surface area contributed by atoms with E-state index in [9.17, 15) is 9.59 Å². The number of aromatic nitrogens is 1. The maximum atomic E-state index is 12.5. The molecule has 2 aromatic rings. The Hall–Kier alpha value is -2.63. The lowest BCUT2D eigenvalue weighted by Crippen LogP contribution is -2.33. The van der Waals surface area contributed by atoms with Crippen LogP contribution in [0.4, 0.5) is 0 Å². The molecule has 6 heteroatoms. The number of aryl methyl sites for hydroxylation is 1. The van der Waals surface area contributed by atoms with E-state index in [-0.39, 0.29) is 23.6 Å². The van der Waals surface area contributed by atoms with Crippen LogP contribution in [0.3, 0.4) is 0 Å². The van der Waals surface area contributed by atoms with Gasteiger partial charge in [0.1, 0.15) is 0 Å². The smallest absolute Gasteiger partial charge is 0.306 e. The lowest BCUT2D eigenvalue weighted by atomic mass is 10.1. The van der Waals surface area contributed by atoms with Crippen LogP contribution in [0.25, 0.3) is 11.3 Å². The molecule has 3 rings (SSSR count). The van der Waals surface area contributed by atoms with Gasteiger partial charge in [-0.2, -0.15) is 0 Å². The summed E-state index contributed by atoms with van der Waals surface area (Å²) >= 11 is 0. The standard InChI is InChI=1S/C17H18N2O4/c1-10-18-14(15(23-10)11-5-3-2-4-6-11)16(20)19-13-8-7-12(9-13)17(21)22/h2-6,12-13H,7-9H2,1H3,(H,19,20)(H,21,22)/t12-,13+/m0/s1. The number of carbonyl (C=O) groups is 2. The first kappa shape index (κ1) is 15.3. The number of amides is 1. The Labute approximate surface area is 133 Å². The minimum Gasteiger partial charge on any atom is -0.481 e. The monoisotopic (exact) mass is 314 g/mol. The van der Waals surface area contributed by atoms with Gasteiger partial charge < -0.3 is 14.8 Å². The van der Waals surface area contributed by atoms with Gasteiger partial charge in [-0.05, 0) is 19.3 Å². The Balaban J connectivity index is 1.77. The normalized spacial score (nSPS) is 20.4. The van der Waals surface area contributed by atoms with Crippen LogP contribution < -0.4 is 5.32 Å². The summed E-state index contributed by atoms with van der Waals surface area (Å²) < 4.78 is 5.58. The van der Waals surface area contributed by atoms with Crippen LogP contribution in [-0.4, -0.2) is 28.0 Å². The Morgan fingerprint density at radius 2 is 2.00 bits per heavy atom. The van der Waals surface area contributed by atoms with E-state index in [0.29, 0.717) is 30.9 Å². The first-order valence-electron chi connectivity index (χ1n) is 7.61. The molecule has 1 saturated carbocycles. The molecule has 120 valence electrons. The van der Waals surface area contributed by atoms with Crippen LogP contribution in [-0.2, 0) is 4.79 Å². The molecular weight excluding hydrogens is 296 g/mol. The summed E-state index contributed by atoms with van der Waals surface area (Å²) in [5.41, 5.74) is 1.03. The summed E-state index contributed by atoms with van der Waals surface area (Å²) in [7, 11) is 0.